The number of fused-ring (bicyclic) bond motifs is 1. The summed E-state index contributed by atoms with van der Waals surface area (Å²) in [6.07, 6.45) is 0. The van der Waals surface area contributed by atoms with Gasteiger partial charge in [0.05, 0.1) is 18.0 Å². The zero-order chi connectivity index (χ0) is 34.3. The second-order valence-electron chi connectivity index (χ2n) is 11.4. The highest BCUT2D eigenvalue weighted by molar-refractivity contribution is 6.30. The van der Waals surface area contributed by atoms with E-state index in [-0.39, 0.29) is 11.4 Å². The average molecular weight is 696 g/mol. The van der Waals surface area contributed by atoms with Crippen molar-refractivity contribution in [3.63, 3.8) is 0 Å². The minimum absolute atomic E-state index is 0.162. The van der Waals surface area contributed by atoms with Gasteiger partial charge in [-0.25, -0.2) is 18.8 Å². The van der Waals surface area contributed by atoms with Crippen LogP contribution >= 0.6 is 23.2 Å². The highest BCUT2D eigenvalue weighted by Crippen LogP contribution is 2.55. The molecule has 2 saturated heterocycles. The normalized spacial score (nSPS) is 23.8. The van der Waals surface area contributed by atoms with E-state index in [4.69, 9.17) is 23.2 Å². The molecular weight excluding hydrogens is 669 g/mol. The number of benzene rings is 4. The molecule has 6 rings (SSSR count). The van der Waals surface area contributed by atoms with Crippen LogP contribution in [0.5, 0.6) is 0 Å². The van der Waals surface area contributed by atoms with Gasteiger partial charge < -0.3 is 20.8 Å². The van der Waals surface area contributed by atoms with E-state index in [1.807, 2.05) is 0 Å². The third kappa shape index (κ3) is 6.22. The Labute approximate surface area is 282 Å². The first-order valence-electron chi connectivity index (χ1n) is 14.6. The van der Waals surface area contributed by atoms with E-state index >= 15 is 0 Å². The Morgan fingerprint density at radius 3 is 1.35 bits per heavy atom. The number of rotatable bonds is 8. The molecule has 48 heavy (non-hydrogen) atoms. The van der Waals surface area contributed by atoms with Gasteiger partial charge in [0.1, 0.15) is 29.6 Å². The van der Waals surface area contributed by atoms with Gasteiger partial charge in [0.25, 0.3) is 0 Å². The van der Waals surface area contributed by atoms with Crippen LogP contribution in [0.1, 0.15) is 23.2 Å². The molecule has 2 heterocycles. The number of carbonyl (C=O) groups excluding carboxylic acids is 2. The largest absolute Gasteiger partial charge is 0.481 e. The predicted octanol–water partition coefficient (Wildman–Crippen LogP) is 6.02. The lowest BCUT2D eigenvalue weighted by Crippen LogP contribution is -2.48. The van der Waals surface area contributed by atoms with Crippen molar-refractivity contribution in [3.05, 3.63) is 130 Å². The summed E-state index contributed by atoms with van der Waals surface area (Å²) in [4.78, 5) is 54.8. The highest BCUT2D eigenvalue weighted by atomic mass is 35.5. The maximum absolute atomic E-state index is 14.2. The number of hydrogen-bond donors (Lipinski definition) is 4. The molecule has 14 heteroatoms. The number of carboxylic acid groups (broad SMARTS) is 2. The lowest BCUT2D eigenvalue weighted by molar-refractivity contribution is -0.151. The van der Waals surface area contributed by atoms with E-state index in [1.54, 1.807) is 12.1 Å². The number of aliphatic carboxylic acids is 2. The number of anilines is 2. The van der Waals surface area contributed by atoms with Crippen molar-refractivity contribution in [2.45, 2.75) is 24.2 Å². The third-order valence-electron chi connectivity index (χ3n) is 8.52. The number of halogens is 4. The number of nitrogens with one attached hydrogen (secondary N) is 2. The molecular formula is C34H26Cl2F2N4O6. The van der Waals surface area contributed by atoms with Gasteiger partial charge in [-0.15, -0.1) is 0 Å². The first-order valence-corrected chi connectivity index (χ1v) is 15.4. The van der Waals surface area contributed by atoms with Crippen LogP contribution in [0.4, 0.5) is 20.2 Å². The zero-order valence-electron chi connectivity index (χ0n) is 24.6. The Balaban J connectivity index is 1.55. The van der Waals surface area contributed by atoms with Crippen molar-refractivity contribution in [2.75, 3.05) is 10.6 Å². The Bertz CT molecular complexity index is 1860. The molecule has 4 N–H and O–H groups in total. The van der Waals surface area contributed by atoms with Crippen LogP contribution in [0.2, 0.25) is 10.0 Å². The molecule has 246 valence electrons. The molecule has 10 nitrogen and oxygen atoms in total. The van der Waals surface area contributed by atoms with Gasteiger partial charge in [0.15, 0.2) is 0 Å². The number of amides is 2. The quantitative estimate of drug-likeness (QED) is 0.176. The van der Waals surface area contributed by atoms with E-state index in [2.05, 4.69) is 10.6 Å². The van der Waals surface area contributed by atoms with Crippen LogP contribution in [-0.2, 0) is 19.2 Å². The fourth-order valence-corrected chi connectivity index (χ4v) is 6.83. The van der Waals surface area contributed by atoms with Crippen molar-refractivity contribution < 1.29 is 38.2 Å². The fraction of sp³-hybridized carbons (Fsp3) is 0.176. The lowest BCUT2D eigenvalue weighted by Gasteiger charge is -2.33. The van der Waals surface area contributed by atoms with Crippen LogP contribution in [0.25, 0.3) is 0 Å². The Hall–Kier alpha value is -4.88. The number of hydrazine groups is 1. The van der Waals surface area contributed by atoms with Crippen molar-refractivity contribution in [1.82, 2.24) is 10.0 Å². The van der Waals surface area contributed by atoms with Crippen LogP contribution < -0.4 is 10.6 Å². The number of hydrogen-bond acceptors (Lipinski definition) is 6. The molecule has 4 aromatic rings. The van der Waals surface area contributed by atoms with Gasteiger partial charge >= 0.3 is 11.9 Å². The minimum atomic E-state index is -1.70. The van der Waals surface area contributed by atoms with Gasteiger partial charge in [0, 0.05) is 21.4 Å². The van der Waals surface area contributed by atoms with Crippen LogP contribution in [0.15, 0.2) is 97.1 Å². The van der Waals surface area contributed by atoms with Gasteiger partial charge in [-0.2, -0.15) is 0 Å². The number of carboxylic acids is 2. The van der Waals surface area contributed by atoms with E-state index < -0.39 is 71.4 Å². The molecule has 0 aromatic heterocycles. The summed E-state index contributed by atoms with van der Waals surface area (Å²) < 4.78 is 27.3. The maximum Gasteiger partial charge on any atom is 0.323 e. The molecule has 0 aliphatic carbocycles. The fourth-order valence-electron chi connectivity index (χ4n) is 6.58. The summed E-state index contributed by atoms with van der Waals surface area (Å²) in [5.41, 5.74) is 1.04. The minimum Gasteiger partial charge on any atom is -0.481 e. The second-order valence-corrected chi connectivity index (χ2v) is 12.2. The SMILES string of the molecule is O=C(Nc1ccc(F)cc1)[C@@H]1[C@@H](C(=O)O)N2[C@@H](c3ccc(Cl)cc3)[C@H](C(=O)O)[C@H](C(=O)Nc3ccc(F)cc3)N2[C@@H]1c1ccc(Cl)cc1. The van der Waals surface area contributed by atoms with E-state index in [0.29, 0.717) is 21.2 Å². The van der Waals surface area contributed by atoms with Crippen LogP contribution in [0, 0.1) is 23.5 Å². The first kappa shape index (κ1) is 33.0. The van der Waals surface area contributed by atoms with Crippen molar-refractivity contribution in [1.29, 1.82) is 0 Å². The Morgan fingerprint density at radius 2 is 0.938 bits per heavy atom. The third-order valence-corrected chi connectivity index (χ3v) is 9.03. The topological polar surface area (TPSA) is 139 Å². The molecule has 2 fully saturated rings. The molecule has 2 aliphatic rings. The molecule has 0 spiro atoms. The second kappa shape index (κ2) is 13.3. The molecule has 6 atom stereocenters. The van der Waals surface area contributed by atoms with Crippen molar-refractivity contribution >= 4 is 58.3 Å². The first-order chi connectivity index (χ1) is 22.9. The summed E-state index contributed by atoms with van der Waals surface area (Å²) in [5, 5.41) is 30.1. The predicted molar refractivity (Wildman–Crippen MR) is 172 cm³/mol. The average Bonchev–Trinajstić information content (AvgIpc) is 3.57. The molecule has 4 aromatic carbocycles. The smallest absolute Gasteiger partial charge is 0.323 e. The maximum atomic E-state index is 14.2. The Kier molecular flexibility index (Phi) is 9.17. The summed E-state index contributed by atoms with van der Waals surface area (Å²) in [7, 11) is 0. The number of nitrogens with zero attached hydrogens (tertiary/aromatic N) is 2. The van der Waals surface area contributed by atoms with E-state index in [9.17, 15) is 38.2 Å². The van der Waals surface area contributed by atoms with Gasteiger partial charge in [0.2, 0.25) is 11.8 Å². The number of carbonyl (C=O) groups is 4. The molecule has 0 bridgehead atoms. The zero-order valence-corrected chi connectivity index (χ0v) is 26.1. The Morgan fingerprint density at radius 1 is 0.542 bits per heavy atom. The monoisotopic (exact) mass is 694 g/mol. The summed E-state index contributed by atoms with van der Waals surface area (Å²) >= 11 is 12.3. The molecule has 2 aliphatic heterocycles. The molecule has 0 saturated carbocycles. The summed E-state index contributed by atoms with van der Waals surface area (Å²) in [6, 6.07) is 16.2. The van der Waals surface area contributed by atoms with Crippen LogP contribution in [0.3, 0.4) is 0 Å². The highest BCUT2D eigenvalue weighted by Gasteiger charge is 2.67. The van der Waals surface area contributed by atoms with Crippen molar-refractivity contribution in [2.24, 2.45) is 11.8 Å². The molecule has 2 amide bonds. The van der Waals surface area contributed by atoms with Gasteiger partial charge in [-0.1, -0.05) is 47.5 Å². The van der Waals surface area contributed by atoms with E-state index in [1.165, 1.54) is 70.7 Å². The standard InChI is InChI=1S/C34H26Cl2F2N4O6/c35-19-5-1-17(2-6-19)27-25(31(43)39-23-13-9-21(37)10-14-23)30(34(47)48)42-28(18-3-7-20(36)8-4-18)26(33(45)46)29(41(27)42)32(44)40-24-15-11-22(38)12-16-24/h1-16,25-30H,(H,39,43)(H,40,44)(H,45,46)(H,47,48)/t25-,26-,27+,28-,29+,30-/m0/s1. The van der Waals surface area contributed by atoms with Crippen LogP contribution in [-0.4, -0.2) is 56.1 Å². The summed E-state index contributed by atoms with van der Waals surface area (Å²) in [6.45, 7) is 0. The van der Waals surface area contributed by atoms with E-state index in [0.717, 1.165) is 24.3 Å². The van der Waals surface area contributed by atoms with Gasteiger partial charge in [-0.05, 0) is 83.9 Å². The lowest BCUT2D eigenvalue weighted by atomic mass is 9.81. The van der Waals surface area contributed by atoms with Gasteiger partial charge in [-0.3, -0.25) is 19.2 Å². The molecule has 0 radical (unpaired) electrons. The summed E-state index contributed by atoms with van der Waals surface area (Å²) in [5.74, 6) is -8.60. The molecule has 0 unspecified atom stereocenters. The van der Waals surface area contributed by atoms with Crippen molar-refractivity contribution in [3.8, 4) is 0 Å².